The number of methoxy groups -OCH3 is 2. The molecular formula is C21H29N3O3. The molecule has 27 heavy (non-hydrogen) atoms. The monoisotopic (exact) mass is 371 g/mol. The Labute approximate surface area is 161 Å². The second kappa shape index (κ2) is 10.3. The van der Waals surface area contributed by atoms with E-state index in [-0.39, 0.29) is 5.75 Å². The SMILES string of the molecule is CCNC(=NCc1cc(OC)ccc1O)NCCc1cc(C)ccc1OC. The maximum atomic E-state index is 10.0. The van der Waals surface area contributed by atoms with Crippen LogP contribution in [0.2, 0.25) is 0 Å². The first-order chi connectivity index (χ1) is 13.1. The maximum absolute atomic E-state index is 10.0. The minimum atomic E-state index is 0.208. The van der Waals surface area contributed by atoms with Crippen LogP contribution in [0.4, 0.5) is 0 Å². The number of guanidine groups is 1. The second-order valence-electron chi connectivity index (χ2n) is 6.18. The summed E-state index contributed by atoms with van der Waals surface area (Å²) in [5, 5.41) is 16.6. The Balaban J connectivity index is 2.01. The highest BCUT2D eigenvalue weighted by Gasteiger charge is 2.06. The quantitative estimate of drug-likeness (QED) is 0.491. The molecule has 0 amide bonds. The van der Waals surface area contributed by atoms with Crippen LogP contribution < -0.4 is 20.1 Å². The van der Waals surface area contributed by atoms with Gasteiger partial charge in [0.15, 0.2) is 5.96 Å². The molecule has 2 aromatic carbocycles. The third kappa shape index (κ3) is 6.09. The van der Waals surface area contributed by atoms with Gasteiger partial charge in [0.05, 0.1) is 20.8 Å². The molecule has 146 valence electrons. The molecule has 2 rings (SSSR count). The molecule has 0 aliphatic heterocycles. The van der Waals surface area contributed by atoms with Crippen molar-refractivity contribution in [2.75, 3.05) is 27.3 Å². The summed E-state index contributed by atoms with van der Waals surface area (Å²) in [5.74, 6) is 2.50. The number of benzene rings is 2. The first kappa shape index (κ1) is 20.4. The van der Waals surface area contributed by atoms with Crippen molar-refractivity contribution >= 4 is 5.96 Å². The van der Waals surface area contributed by atoms with Crippen LogP contribution in [0.5, 0.6) is 17.2 Å². The molecule has 0 saturated heterocycles. The third-order valence-electron chi connectivity index (χ3n) is 4.16. The molecule has 6 nitrogen and oxygen atoms in total. The van der Waals surface area contributed by atoms with Gasteiger partial charge in [0, 0.05) is 18.7 Å². The van der Waals surface area contributed by atoms with Crippen molar-refractivity contribution in [3.8, 4) is 17.2 Å². The molecule has 0 saturated carbocycles. The van der Waals surface area contributed by atoms with Crippen LogP contribution in [0.25, 0.3) is 0 Å². The Morgan fingerprint density at radius 2 is 1.85 bits per heavy atom. The lowest BCUT2D eigenvalue weighted by atomic mass is 10.1. The molecule has 0 aliphatic rings. The minimum Gasteiger partial charge on any atom is -0.508 e. The van der Waals surface area contributed by atoms with E-state index in [2.05, 4.69) is 28.6 Å². The van der Waals surface area contributed by atoms with Crippen LogP contribution in [-0.4, -0.2) is 38.4 Å². The zero-order valence-corrected chi connectivity index (χ0v) is 16.5. The van der Waals surface area contributed by atoms with Crippen molar-refractivity contribution in [1.82, 2.24) is 10.6 Å². The van der Waals surface area contributed by atoms with Gasteiger partial charge >= 0.3 is 0 Å². The van der Waals surface area contributed by atoms with Gasteiger partial charge in [0.1, 0.15) is 17.2 Å². The lowest BCUT2D eigenvalue weighted by Gasteiger charge is -2.13. The molecule has 0 aromatic heterocycles. The van der Waals surface area contributed by atoms with Gasteiger partial charge in [-0.3, -0.25) is 0 Å². The van der Waals surface area contributed by atoms with Gasteiger partial charge in [-0.05, 0) is 50.1 Å². The van der Waals surface area contributed by atoms with Gasteiger partial charge in [-0.25, -0.2) is 4.99 Å². The number of ether oxygens (including phenoxy) is 2. The van der Waals surface area contributed by atoms with Crippen molar-refractivity contribution in [1.29, 1.82) is 0 Å². The molecule has 0 fully saturated rings. The molecule has 6 heteroatoms. The summed E-state index contributed by atoms with van der Waals surface area (Å²) in [5.41, 5.74) is 3.08. The predicted molar refractivity (Wildman–Crippen MR) is 109 cm³/mol. The van der Waals surface area contributed by atoms with Crippen molar-refractivity contribution in [2.24, 2.45) is 4.99 Å². The van der Waals surface area contributed by atoms with E-state index in [4.69, 9.17) is 9.47 Å². The highest BCUT2D eigenvalue weighted by atomic mass is 16.5. The summed E-state index contributed by atoms with van der Waals surface area (Å²) in [6.07, 6.45) is 0.819. The van der Waals surface area contributed by atoms with E-state index in [9.17, 15) is 5.11 Å². The number of hydrogen-bond acceptors (Lipinski definition) is 4. The van der Waals surface area contributed by atoms with Gasteiger partial charge in [-0.1, -0.05) is 17.7 Å². The van der Waals surface area contributed by atoms with E-state index >= 15 is 0 Å². The van der Waals surface area contributed by atoms with Crippen molar-refractivity contribution < 1.29 is 14.6 Å². The summed E-state index contributed by atoms with van der Waals surface area (Å²) in [7, 11) is 3.29. The van der Waals surface area contributed by atoms with Crippen LogP contribution in [0.15, 0.2) is 41.4 Å². The third-order valence-corrected chi connectivity index (χ3v) is 4.16. The number of rotatable bonds is 8. The number of phenols is 1. The van der Waals surface area contributed by atoms with E-state index in [1.807, 2.05) is 19.1 Å². The zero-order chi connectivity index (χ0) is 19.6. The molecule has 0 aliphatic carbocycles. The Morgan fingerprint density at radius 1 is 1.04 bits per heavy atom. The van der Waals surface area contributed by atoms with Crippen LogP contribution >= 0.6 is 0 Å². The normalized spacial score (nSPS) is 11.2. The summed E-state index contributed by atoms with van der Waals surface area (Å²) in [6.45, 7) is 5.91. The molecule has 0 bridgehead atoms. The number of hydrogen-bond donors (Lipinski definition) is 3. The highest BCUT2D eigenvalue weighted by Crippen LogP contribution is 2.23. The van der Waals surface area contributed by atoms with E-state index in [1.165, 1.54) is 5.56 Å². The Hall–Kier alpha value is -2.89. The number of nitrogens with zero attached hydrogens (tertiary/aromatic N) is 1. The fraction of sp³-hybridized carbons (Fsp3) is 0.381. The molecule has 0 atom stereocenters. The smallest absolute Gasteiger partial charge is 0.191 e. The lowest BCUT2D eigenvalue weighted by molar-refractivity contribution is 0.409. The molecule has 0 radical (unpaired) electrons. The van der Waals surface area contributed by atoms with E-state index < -0.39 is 0 Å². The topological polar surface area (TPSA) is 75.1 Å². The van der Waals surface area contributed by atoms with Crippen molar-refractivity contribution in [2.45, 2.75) is 26.8 Å². The second-order valence-corrected chi connectivity index (χ2v) is 6.18. The first-order valence-corrected chi connectivity index (χ1v) is 9.09. The van der Waals surface area contributed by atoms with Crippen LogP contribution in [0.3, 0.4) is 0 Å². The first-order valence-electron chi connectivity index (χ1n) is 9.09. The fourth-order valence-corrected chi connectivity index (χ4v) is 2.74. The Bertz CT molecular complexity index is 775. The standard InChI is InChI=1S/C21H29N3O3/c1-5-22-21(24-14-17-13-18(26-3)7-8-19(17)25)23-11-10-16-12-15(2)6-9-20(16)27-4/h6-9,12-13,25H,5,10-11,14H2,1-4H3,(H2,22,23,24). The van der Waals surface area contributed by atoms with Crippen molar-refractivity contribution in [3.05, 3.63) is 53.1 Å². The lowest BCUT2D eigenvalue weighted by Crippen LogP contribution is -2.38. The van der Waals surface area contributed by atoms with Gasteiger partial charge in [0.2, 0.25) is 0 Å². The molecular weight excluding hydrogens is 342 g/mol. The average molecular weight is 371 g/mol. The van der Waals surface area contributed by atoms with E-state index in [0.29, 0.717) is 23.8 Å². The number of aromatic hydroxyl groups is 1. The van der Waals surface area contributed by atoms with Crippen molar-refractivity contribution in [3.63, 3.8) is 0 Å². The summed E-state index contributed by atoms with van der Waals surface area (Å²) in [6, 6.07) is 11.3. The van der Waals surface area contributed by atoms with Gasteiger partial charge < -0.3 is 25.2 Å². The van der Waals surface area contributed by atoms with Crippen LogP contribution in [0, 0.1) is 6.92 Å². The summed E-state index contributed by atoms with van der Waals surface area (Å²) in [4.78, 5) is 4.56. The number of nitrogens with one attached hydrogen (secondary N) is 2. The molecule has 0 spiro atoms. The van der Waals surface area contributed by atoms with E-state index in [0.717, 1.165) is 30.8 Å². The summed E-state index contributed by atoms with van der Waals surface area (Å²) >= 11 is 0. The molecule has 2 aromatic rings. The maximum Gasteiger partial charge on any atom is 0.191 e. The number of aryl methyl sites for hydroxylation is 1. The predicted octanol–water partition coefficient (Wildman–Crippen LogP) is 3.02. The highest BCUT2D eigenvalue weighted by molar-refractivity contribution is 5.79. The fourth-order valence-electron chi connectivity index (χ4n) is 2.74. The molecule has 0 heterocycles. The summed E-state index contributed by atoms with van der Waals surface area (Å²) < 4.78 is 10.6. The van der Waals surface area contributed by atoms with Gasteiger partial charge in [0.25, 0.3) is 0 Å². The van der Waals surface area contributed by atoms with E-state index in [1.54, 1.807) is 32.4 Å². The molecule has 0 unspecified atom stereocenters. The number of phenolic OH excluding ortho intramolecular Hbond substituents is 1. The Morgan fingerprint density at radius 3 is 2.56 bits per heavy atom. The van der Waals surface area contributed by atoms with Crippen LogP contribution in [0.1, 0.15) is 23.6 Å². The average Bonchev–Trinajstić information content (AvgIpc) is 2.67. The van der Waals surface area contributed by atoms with Gasteiger partial charge in [-0.2, -0.15) is 0 Å². The van der Waals surface area contributed by atoms with Gasteiger partial charge in [-0.15, -0.1) is 0 Å². The Kier molecular flexibility index (Phi) is 7.79. The largest absolute Gasteiger partial charge is 0.508 e. The van der Waals surface area contributed by atoms with Crippen LogP contribution in [-0.2, 0) is 13.0 Å². The number of aliphatic imine (C=N–C) groups is 1. The zero-order valence-electron chi connectivity index (χ0n) is 16.5. The molecule has 3 N–H and O–H groups in total. The minimum absolute atomic E-state index is 0.208.